The summed E-state index contributed by atoms with van der Waals surface area (Å²) in [4.78, 5) is 49.9. The van der Waals surface area contributed by atoms with Crippen molar-refractivity contribution in [3.63, 3.8) is 0 Å². The van der Waals surface area contributed by atoms with Crippen LogP contribution in [0.2, 0.25) is 0 Å². The van der Waals surface area contributed by atoms with E-state index in [9.17, 15) is 24.5 Å². The third kappa shape index (κ3) is 3.16. The van der Waals surface area contributed by atoms with Gasteiger partial charge in [-0.1, -0.05) is 0 Å². The highest BCUT2D eigenvalue weighted by molar-refractivity contribution is 6.47. The number of hydrogen-bond donors (Lipinski definition) is 0. The first kappa shape index (κ1) is 20.0. The Balaban J connectivity index is 1.75. The van der Waals surface area contributed by atoms with E-state index < -0.39 is 34.7 Å². The number of benzene rings is 2. The molecule has 2 heterocycles. The Morgan fingerprint density at radius 3 is 2.16 bits per heavy atom. The van der Waals surface area contributed by atoms with Gasteiger partial charge in [-0.15, -0.1) is 0 Å². The largest absolute Gasteiger partial charge is 0.497 e. The molecule has 2 amide bonds. The van der Waals surface area contributed by atoms with Gasteiger partial charge in [0.25, 0.3) is 11.6 Å². The number of anilines is 2. The van der Waals surface area contributed by atoms with E-state index in [4.69, 9.17) is 9.47 Å². The maximum absolute atomic E-state index is 13.3. The van der Waals surface area contributed by atoms with Gasteiger partial charge in [0.15, 0.2) is 5.71 Å². The number of fused-ring (bicyclic) bond motifs is 1. The van der Waals surface area contributed by atoms with Gasteiger partial charge in [0.1, 0.15) is 17.7 Å². The van der Waals surface area contributed by atoms with Gasteiger partial charge in [0.05, 0.1) is 30.5 Å². The Morgan fingerprint density at radius 2 is 1.61 bits per heavy atom. The van der Waals surface area contributed by atoms with Crippen LogP contribution in [0.5, 0.6) is 5.75 Å². The van der Waals surface area contributed by atoms with Crippen LogP contribution in [0.15, 0.2) is 53.6 Å². The summed E-state index contributed by atoms with van der Waals surface area (Å²) in [5.74, 6) is -2.68. The van der Waals surface area contributed by atoms with Crippen LogP contribution >= 0.6 is 0 Å². The van der Waals surface area contributed by atoms with Crippen LogP contribution in [-0.4, -0.2) is 48.7 Å². The van der Waals surface area contributed by atoms with Crippen LogP contribution in [0.3, 0.4) is 0 Å². The number of hydrazone groups is 1. The number of carbonyl (C=O) groups excluding carboxylic acids is 3. The monoisotopic (exact) mass is 424 g/mol. The average molecular weight is 424 g/mol. The van der Waals surface area contributed by atoms with Crippen LogP contribution in [0.1, 0.15) is 0 Å². The molecule has 2 aliphatic rings. The van der Waals surface area contributed by atoms with Gasteiger partial charge in [0.2, 0.25) is 5.91 Å². The summed E-state index contributed by atoms with van der Waals surface area (Å²) in [7, 11) is 2.67. The molecule has 0 N–H and O–H groups in total. The molecule has 0 bridgehead atoms. The number of nitro groups is 1. The molecule has 158 valence electrons. The smallest absolute Gasteiger partial charge is 0.355 e. The van der Waals surface area contributed by atoms with E-state index in [1.165, 1.54) is 36.4 Å². The van der Waals surface area contributed by atoms with Gasteiger partial charge < -0.3 is 9.47 Å². The molecule has 4 rings (SSSR count). The van der Waals surface area contributed by atoms with Crippen LogP contribution in [0.25, 0.3) is 0 Å². The lowest BCUT2D eigenvalue weighted by Crippen LogP contribution is -2.39. The molecule has 0 unspecified atom stereocenters. The summed E-state index contributed by atoms with van der Waals surface area (Å²) in [6, 6.07) is 10.5. The number of amides is 2. The standard InChI is InChI=1S/C20H16N4O7/c1-30-14-9-7-12(8-10-14)23-17-15(16(21-23)20(27)31-2)18(25)22(19(17)26)11-3-5-13(6-4-11)24(28)29/h3-10,15,17H,1-2H3/t15-,17-/m0/s1. The van der Waals surface area contributed by atoms with E-state index in [1.807, 2.05) is 0 Å². The highest BCUT2D eigenvalue weighted by Gasteiger charge is 2.59. The molecule has 0 spiro atoms. The molecule has 1 saturated heterocycles. The molecule has 11 nitrogen and oxygen atoms in total. The first-order valence-corrected chi connectivity index (χ1v) is 9.09. The number of nitro benzene ring substituents is 1. The van der Waals surface area contributed by atoms with E-state index in [2.05, 4.69) is 5.10 Å². The quantitative estimate of drug-likeness (QED) is 0.305. The van der Waals surface area contributed by atoms with Crippen molar-refractivity contribution < 1.29 is 28.8 Å². The highest BCUT2D eigenvalue weighted by atomic mass is 16.6. The van der Waals surface area contributed by atoms with Gasteiger partial charge in [-0.25, -0.2) is 9.69 Å². The summed E-state index contributed by atoms with van der Waals surface area (Å²) in [5.41, 5.74) is 0.265. The number of nitrogens with zero attached hydrogens (tertiary/aromatic N) is 4. The molecule has 31 heavy (non-hydrogen) atoms. The lowest BCUT2D eigenvalue weighted by atomic mass is 9.98. The van der Waals surface area contributed by atoms with Gasteiger partial charge in [-0.05, 0) is 36.4 Å². The summed E-state index contributed by atoms with van der Waals surface area (Å²) < 4.78 is 9.89. The van der Waals surface area contributed by atoms with Crippen LogP contribution in [0, 0.1) is 16.0 Å². The first-order valence-electron chi connectivity index (χ1n) is 9.09. The normalized spacial score (nSPS) is 19.9. The molecule has 11 heteroatoms. The molecular weight excluding hydrogens is 408 g/mol. The second kappa shape index (κ2) is 7.52. The van der Waals surface area contributed by atoms with E-state index in [1.54, 1.807) is 24.3 Å². The third-order valence-corrected chi connectivity index (χ3v) is 5.10. The van der Waals surface area contributed by atoms with Crippen molar-refractivity contribution in [2.45, 2.75) is 6.04 Å². The van der Waals surface area contributed by atoms with Crippen molar-refractivity contribution >= 4 is 40.6 Å². The Labute approximate surface area is 175 Å². The van der Waals surface area contributed by atoms with Crippen LogP contribution in [-0.2, 0) is 19.1 Å². The molecule has 2 aliphatic heterocycles. The lowest BCUT2D eigenvalue weighted by Gasteiger charge is -2.22. The van der Waals surface area contributed by atoms with E-state index in [0.717, 1.165) is 12.0 Å². The number of non-ortho nitro benzene ring substituents is 1. The number of esters is 1. The van der Waals surface area contributed by atoms with Crippen molar-refractivity contribution in [1.82, 2.24) is 0 Å². The summed E-state index contributed by atoms with van der Waals surface area (Å²) in [6.07, 6.45) is 0. The Morgan fingerprint density at radius 1 is 1.00 bits per heavy atom. The van der Waals surface area contributed by atoms with E-state index in [-0.39, 0.29) is 17.1 Å². The van der Waals surface area contributed by atoms with E-state index in [0.29, 0.717) is 11.4 Å². The molecule has 0 aromatic heterocycles. The number of imide groups is 1. The summed E-state index contributed by atoms with van der Waals surface area (Å²) >= 11 is 0. The summed E-state index contributed by atoms with van der Waals surface area (Å²) in [6.45, 7) is 0. The van der Waals surface area contributed by atoms with Crippen molar-refractivity contribution in [3.8, 4) is 5.75 Å². The maximum atomic E-state index is 13.3. The van der Waals surface area contributed by atoms with Gasteiger partial charge in [-0.2, -0.15) is 5.10 Å². The molecule has 0 aliphatic carbocycles. The Bertz CT molecular complexity index is 1110. The minimum atomic E-state index is -1.17. The molecule has 0 saturated carbocycles. The SMILES string of the molecule is COC(=O)C1=NN(c2ccc(OC)cc2)[C@@H]2C(=O)N(c3ccc([N+](=O)[O-])cc3)C(=O)[C@@H]12. The van der Waals surface area contributed by atoms with Crippen LogP contribution in [0.4, 0.5) is 17.1 Å². The first-order chi connectivity index (χ1) is 14.9. The number of carbonyl (C=O) groups is 3. The second-order valence-corrected chi connectivity index (χ2v) is 6.73. The topological polar surface area (TPSA) is 132 Å². The average Bonchev–Trinajstić information content (AvgIpc) is 3.30. The van der Waals surface area contributed by atoms with Crippen molar-refractivity contribution in [2.75, 3.05) is 24.1 Å². The molecule has 0 radical (unpaired) electrons. The van der Waals surface area contributed by atoms with Crippen LogP contribution < -0.4 is 14.6 Å². The zero-order chi connectivity index (χ0) is 22.3. The Kier molecular flexibility index (Phi) is 4.85. The minimum absolute atomic E-state index is 0.161. The molecular formula is C20H16N4O7. The third-order valence-electron chi connectivity index (χ3n) is 5.10. The Hall–Kier alpha value is -4.28. The minimum Gasteiger partial charge on any atom is -0.497 e. The zero-order valence-corrected chi connectivity index (χ0v) is 16.4. The number of methoxy groups -OCH3 is 2. The highest BCUT2D eigenvalue weighted by Crippen LogP contribution is 2.38. The predicted molar refractivity (Wildman–Crippen MR) is 108 cm³/mol. The fourth-order valence-electron chi connectivity index (χ4n) is 3.61. The van der Waals surface area contributed by atoms with Gasteiger partial charge >= 0.3 is 5.97 Å². The zero-order valence-electron chi connectivity index (χ0n) is 16.4. The van der Waals surface area contributed by atoms with Gasteiger partial charge in [0, 0.05) is 12.1 Å². The maximum Gasteiger partial charge on any atom is 0.355 e. The molecule has 2 atom stereocenters. The van der Waals surface area contributed by atoms with E-state index >= 15 is 0 Å². The van der Waals surface area contributed by atoms with Crippen molar-refractivity contribution in [1.29, 1.82) is 0 Å². The van der Waals surface area contributed by atoms with Crippen molar-refractivity contribution in [3.05, 3.63) is 58.6 Å². The fraction of sp³-hybridized carbons (Fsp3) is 0.200. The second-order valence-electron chi connectivity index (χ2n) is 6.73. The van der Waals surface area contributed by atoms with Gasteiger partial charge in [-0.3, -0.25) is 24.7 Å². The number of hydrogen-bond acceptors (Lipinski definition) is 9. The molecule has 2 aromatic carbocycles. The summed E-state index contributed by atoms with van der Waals surface area (Å²) in [5, 5.41) is 16.4. The number of rotatable bonds is 5. The van der Waals surface area contributed by atoms with Crippen molar-refractivity contribution in [2.24, 2.45) is 11.0 Å². The fourth-order valence-corrected chi connectivity index (χ4v) is 3.61. The predicted octanol–water partition coefficient (Wildman–Crippen LogP) is 1.51. The number of ether oxygens (including phenoxy) is 2. The lowest BCUT2D eigenvalue weighted by molar-refractivity contribution is -0.384. The molecule has 2 aromatic rings. The molecule has 1 fully saturated rings.